The Morgan fingerprint density at radius 2 is 1.19 bits per heavy atom. The van der Waals surface area contributed by atoms with Crippen LogP contribution in [0.2, 0.25) is 0 Å². The van der Waals surface area contributed by atoms with E-state index in [1.54, 1.807) is 0 Å². The second kappa shape index (κ2) is 19.4. The molecule has 21 heavy (non-hydrogen) atoms. The number of hydrogen-bond acceptors (Lipinski definition) is 1. The van der Waals surface area contributed by atoms with Gasteiger partial charge in [0.1, 0.15) is 0 Å². The van der Waals surface area contributed by atoms with Crippen LogP contribution in [0.5, 0.6) is 0 Å². The molecule has 0 aliphatic heterocycles. The first-order chi connectivity index (χ1) is 10.4. The zero-order valence-corrected chi connectivity index (χ0v) is 14.6. The van der Waals surface area contributed by atoms with E-state index in [4.69, 9.17) is 4.74 Å². The summed E-state index contributed by atoms with van der Waals surface area (Å²) in [6.07, 6.45) is 25.0. The molecule has 0 radical (unpaired) electrons. The zero-order chi connectivity index (χ0) is 15.4. The fourth-order valence-electron chi connectivity index (χ4n) is 2.34. The van der Waals surface area contributed by atoms with Gasteiger partial charge in [0.25, 0.3) is 0 Å². The van der Waals surface area contributed by atoms with Gasteiger partial charge in [-0.05, 0) is 45.4 Å². The molecule has 0 aromatic heterocycles. The number of ether oxygens (including phenoxy) is 1. The quantitative estimate of drug-likeness (QED) is 0.224. The molecule has 0 unspecified atom stereocenters. The Balaban J connectivity index is 3.11. The standard InChI is InChI=1S/C20H38O/c1-3-5-6-7-8-9-10-11-12-13-14-15-16-17-18-19-20-21-4-2/h8-9,11-12H,3-7,10,13-20H2,1-2H3. The van der Waals surface area contributed by atoms with E-state index in [1.165, 1.54) is 70.6 Å². The molecule has 0 aromatic rings. The second-order valence-electron chi connectivity index (χ2n) is 5.78. The highest BCUT2D eigenvalue weighted by atomic mass is 16.5. The third-order valence-corrected chi connectivity index (χ3v) is 3.69. The lowest BCUT2D eigenvalue weighted by Crippen LogP contribution is -1.92. The topological polar surface area (TPSA) is 9.23 Å². The van der Waals surface area contributed by atoms with Crippen LogP contribution in [-0.2, 0) is 4.74 Å². The molecule has 0 saturated heterocycles. The van der Waals surface area contributed by atoms with Crippen LogP contribution >= 0.6 is 0 Å². The predicted octanol–water partition coefficient (Wildman–Crippen LogP) is 6.84. The highest BCUT2D eigenvalue weighted by Crippen LogP contribution is 2.08. The number of unbranched alkanes of at least 4 members (excludes halogenated alkanes) is 9. The van der Waals surface area contributed by atoms with Gasteiger partial charge in [-0.25, -0.2) is 0 Å². The highest BCUT2D eigenvalue weighted by Gasteiger charge is 1.90. The molecule has 0 aliphatic carbocycles. The molecule has 1 nitrogen and oxygen atoms in total. The lowest BCUT2D eigenvalue weighted by molar-refractivity contribution is 0.143. The Bertz CT molecular complexity index is 230. The van der Waals surface area contributed by atoms with Gasteiger partial charge in [-0.3, -0.25) is 0 Å². The van der Waals surface area contributed by atoms with E-state index in [0.717, 1.165) is 19.6 Å². The van der Waals surface area contributed by atoms with Gasteiger partial charge in [0.2, 0.25) is 0 Å². The third kappa shape index (κ3) is 19.4. The van der Waals surface area contributed by atoms with E-state index in [9.17, 15) is 0 Å². The summed E-state index contributed by atoms with van der Waals surface area (Å²) in [5.74, 6) is 0. The van der Waals surface area contributed by atoms with Gasteiger partial charge < -0.3 is 4.74 Å². The van der Waals surface area contributed by atoms with Gasteiger partial charge in [0, 0.05) is 13.2 Å². The molecule has 0 rings (SSSR count). The molecular weight excluding hydrogens is 256 g/mol. The van der Waals surface area contributed by atoms with Crippen molar-refractivity contribution in [1.82, 2.24) is 0 Å². The van der Waals surface area contributed by atoms with Crippen molar-refractivity contribution in [2.75, 3.05) is 13.2 Å². The second-order valence-corrected chi connectivity index (χ2v) is 5.78. The predicted molar refractivity (Wildman–Crippen MR) is 95.9 cm³/mol. The number of allylic oxidation sites excluding steroid dienone is 4. The summed E-state index contributed by atoms with van der Waals surface area (Å²) in [5.41, 5.74) is 0. The van der Waals surface area contributed by atoms with Crippen molar-refractivity contribution in [3.63, 3.8) is 0 Å². The van der Waals surface area contributed by atoms with Crippen LogP contribution < -0.4 is 0 Å². The largest absolute Gasteiger partial charge is 0.382 e. The van der Waals surface area contributed by atoms with Crippen molar-refractivity contribution in [1.29, 1.82) is 0 Å². The third-order valence-electron chi connectivity index (χ3n) is 3.69. The van der Waals surface area contributed by atoms with E-state index >= 15 is 0 Å². The molecule has 0 atom stereocenters. The summed E-state index contributed by atoms with van der Waals surface area (Å²) in [6.45, 7) is 6.13. The summed E-state index contributed by atoms with van der Waals surface area (Å²) in [5, 5.41) is 0. The zero-order valence-electron chi connectivity index (χ0n) is 14.6. The van der Waals surface area contributed by atoms with Crippen LogP contribution in [0.15, 0.2) is 24.3 Å². The Morgan fingerprint density at radius 1 is 0.619 bits per heavy atom. The van der Waals surface area contributed by atoms with Gasteiger partial charge >= 0.3 is 0 Å². The molecule has 0 heterocycles. The van der Waals surface area contributed by atoms with Crippen molar-refractivity contribution >= 4 is 0 Å². The summed E-state index contributed by atoms with van der Waals surface area (Å²) >= 11 is 0. The SMILES string of the molecule is CCCCCC=CCC=CCCCCCCCCOCC. The fourth-order valence-corrected chi connectivity index (χ4v) is 2.34. The number of rotatable bonds is 16. The summed E-state index contributed by atoms with van der Waals surface area (Å²) in [6, 6.07) is 0. The molecule has 0 amide bonds. The summed E-state index contributed by atoms with van der Waals surface area (Å²) < 4.78 is 5.34. The van der Waals surface area contributed by atoms with Crippen molar-refractivity contribution in [3.05, 3.63) is 24.3 Å². The first-order valence-electron chi connectivity index (χ1n) is 9.29. The molecule has 124 valence electrons. The van der Waals surface area contributed by atoms with Gasteiger partial charge in [-0.2, -0.15) is 0 Å². The van der Waals surface area contributed by atoms with Gasteiger partial charge in [0.15, 0.2) is 0 Å². The number of hydrogen-bond donors (Lipinski definition) is 0. The molecule has 0 saturated carbocycles. The minimum absolute atomic E-state index is 0.861. The van der Waals surface area contributed by atoms with Crippen molar-refractivity contribution in [2.24, 2.45) is 0 Å². The van der Waals surface area contributed by atoms with Crippen LogP contribution in [-0.4, -0.2) is 13.2 Å². The minimum Gasteiger partial charge on any atom is -0.382 e. The van der Waals surface area contributed by atoms with Crippen LogP contribution in [0.3, 0.4) is 0 Å². The molecule has 1 heteroatoms. The van der Waals surface area contributed by atoms with Gasteiger partial charge in [0.05, 0.1) is 0 Å². The van der Waals surface area contributed by atoms with Crippen molar-refractivity contribution in [3.8, 4) is 0 Å². The molecule has 0 bridgehead atoms. The van der Waals surface area contributed by atoms with E-state index in [2.05, 4.69) is 38.2 Å². The van der Waals surface area contributed by atoms with E-state index < -0.39 is 0 Å². The Morgan fingerprint density at radius 3 is 1.81 bits per heavy atom. The molecule has 0 fully saturated rings. The fraction of sp³-hybridized carbons (Fsp3) is 0.800. The molecule has 0 aliphatic rings. The Kier molecular flexibility index (Phi) is 18.9. The minimum atomic E-state index is 0.861. The van der Waals surface area contributed by atoms with E-state index in [1.807, 2.05) is 0 Å². The molecule has 0 aromatic carbocycles. The summed E-state index contributed by atoms with van der Waals surface area (Å²) in [7, 11) is 0. The normalized spacial score (nSPS) is 11.9. The van der Waals surface area contributed by atoms with E-state index in [0.29, 0.717) is 0 Å². The van der Waals surface area contributed by atoms with Crippen LogP contribution in [0.4, 0.5) is 0 Å². The first-order valence-corrected chi connectivity index (χ1v) is 9.29. The Labute approximate surface area is 133 Å². The monoisotopic (exact) mass is 294 g/mol. The van der Waals surface area contributed by atoms with Crippen LogP contribution in [0.1, 0.15) is 90.9 Å². The van der Waals surface area contributed by atoms with Gasteiger partial charge in [-0.1, -0.05) is 69.8 Å². The smallest absolute Gasteiger partial charge is 0.0465 e. The maximum Gasteiger partial charge on any atom is 0.0465 e. The molecule has 0 N–H and O–H groups in total. The maximum absolute atomic E-state index is 5.34. The average molecular weight is 295 g/mol. The van der Waals surface area contributed by atoms with Crippen LogP contribution in [0, 0.1) is 0 Å². The first kappa shape index (κ1) is 20.4. The molecular formula is C20H38O. The molecule has 0 spiro atoms. The van der Waals surface area contributed by atoms with Crippen molar-refractivity contribution in [2.45, 2.75) is 90.9 Å². The highest BCUT2D eigenvalue weighted by molar-refractivity contribution is 4.92. The summed E-state index contributed by atoms with van der Waals surface area (Å²) in [4.78, 5) is 0. The maximum atomic E-state index is 5.34. The average Bonchev–Trinajstić information content (AvgIpc) is 2.50. The lowest BCUT2D eigenvalue weighted by atomic mass is 10.1. The van der Waals surface area contributed by atoms with Crippen molar-refractivity contribution < 1.29 is 4.74 Å². The van der Waals surface area contributed by atoms with E-state index in [-0.39, 0.29) is 0 Å². The van der Waals surface area contributed by atoms with Gasteiger partial charge in [-0.15, -0.1) is 0 Å². The van der Waals surface area contributed by atoms with Crippen LogP contribution in [0.25, 0.3) is 0 Å². The lowest BCUT2D eigenvalue weighted by Gasteiger charge is -2.01. The Hall–Kier alpha value is -0.560.